The lowest BCUT2D eigenvalue weighted by Crippen LogP contribution is -2.29. The lowest BCUT2D eigenvalue weighted by Gasteiger charge is -2.19. The molecule has 0 radical (unpaired) electrons. The van der Waals surface area contributed by atoms with E-state index in [-0.39, 0.29) is 0 Å². The predicted molar refractivity (Wildman–Crippen MR) is 73.4 cm³/mol. The number of nitriles is 1. The van der Waals surface area contributed by atoms with E-state index in [1.165, 1.54) is 5.56 Å². The van der Waals surface area contributed by atoms with Crippen molar-refractivity contribution in [3.8, 4) is 17.6 Å². The first-order valence-corrected chi connectivity index (χ1v) is 6.82. The van der Waals surface area contributed by atoms with Gasteiger partial charge in [0, 0.05) is 6.04 Å². The molecular formula is C15H20N2O2. The average molecular weight is 260 g/mol. The monoisotopic (exact) mass is 260 g/mol. The fraction of sp³-hybridized carbons (Fsp3) is 0.533. The average Bonchev–Trinajstić information content (AvgIpc) is 2.46. The minimum Gasteiger partial charge on any atom is -0.486 e. The topological polar surface area (TPSA) is 54.3 Å². The number of rotatable bonds is 6. The first kappa shape index (κ1) is 13.7. The van der Waals surface area contributed by atoms with Gasteiger partial charge in [-0.05, 0) is 37.1 Å². The van der Waals surface area contributed by atoms with Crippen LogP contribution in [0.4, 0.5) is 0 Å². The van der Waals surface area contributed by atoms with Crippen molar-refractivity contribution in [1.29, 1.82) is 5.26 Å². The highest BCUT2D eigenvalue weighted by Gasteiger charge is 2.11. The van der Waals surface area contributed by atoms with Gasteiger partial charge in [0.25, 0.3) is 0 Å². The molecule has 1 aromatic carbocycles. The van der Waals surface area contributed by atoms with E-state index in [9.17, 15) is 0 Å². The summed E-state index contributed by atoms with van der Waals surface area (Å²) in [5, 5.41) is 12.1. The third-order valence-corrected chi connectivity index (χ3v) is 3.28. The van der Waals surface area contributed by atoms with Crippen LogP contribution >= 0.6 is 0 Å². The number of hydrogen-bond acceptors (Lipinski definition) is 4. The molecule has 2 rings (SSSR count). The number of fused-ring (bicyclic) bond motifs is 1. The van der Waals surface area contributed by atoms with Gasteiger partial charge in [0.1, 0.15) is 13.2 Å². The highest BCUT2D eigenvalue weighted by molar-refractivity contribution is 5.43. The minimum absolute atomic E-state index is 0.294. The molecule has 1 aliphatic heterocycles. The summed E-state index contributed by atoms with van der Waals surface area (Å²) in [4.78, 5) is 0. The Hall–Kier alpha value is -1.73. The summed E-state index contributed by atoms with van der Waals surface area (Å²) >= 11 is 0. The van der Waals surface area contributed by atoms with Crippen molar-refractivity contribution in [3.05, 3.63) is 23.8 Å². The van der Waals surface area contributed by atoms with Crippen LogP contribution in [0.25, 0.3) is 0 Å². The third-order valence-electron chi connectivity index (χ3n) is 3.28. The first-order chi connectivity index (χ1) is 9.33. The van der Waals surface area contributed by atoms with Crippen LogP contribution in [-0.2, 0) is 6.42 Å². The lowest BCUT2D eigenvalue weighted by molar-refractivity contribution is 0.171. The Labute approximate surface area is 114 Å². The van der Waals surface area contributed by atoms with Crippen LogP contribution in [0.5, 0.6) is 11.5 Å². The molecule has 1 N–H and O–H groups in total. The normalized spacial score (nSPS) is 14.7. The Balaban J connectivity index is 1.84. The molecule has 4 nitrogen and oxygen atoms in total. The molecule has 0 spiro atoms. The van der Waals surface area contributed by atoms with E-state index < -0.39 is 0 Å². The maximum Gasteiger partial charge on any atom is 0.161 e. The molecule has 1 unspecified atom stereocenters. The summed E-state index contributed by atoms with van der Waals surface area (Å²) in [7, 11) is 0. The van der Waals surface area contributed by atoms with Crippen LogP contribution in [0.2, 0.25) is 0 Å². The van der Waals surface area contributed by atoms with Crippen molar-refractivity contribution >= 4 is 0 Å². The summed E-state index contributed by atoms with van der Waals surface area (Å²) in [6.45, 7) is 4.22. The van der Waals surface area contributed by atoms with Gasteiger partial charge in [0.15, 0.2) is 11.5 Å². The molecule has 4 heteroatoms. The fourth-order valence-corrected chi connectivity index (χ4v) is 2.13. The van der Waals surface area contributed by atoms with E-state index >= 15 is 0 Å². The summed E-state index contributed by atoms with van der Waals surface area (Å²) in [5.41, 5.74) is 1.23. The number of hydrogen-bond donors (Lipinski definition) is 1. The molecule has 0 bridgehead atoms. The van der Waals surface area contributed by atoms with E-state index in [2.05, 4.69) is 24.4 Å². The van der Waals surface area contributed by atoms with Gasteiger partial charge in [-0.1, -0.05) is 13.0 Å². The predicted octanol–water partition coefficient (Wildman–Crippen LogP) is 2.28. The van der Waals surface area contributed by atoms with Gasteiger partial charge in [-0.15, -0.1) is 0 Å². The van der Waals surface area contributed by atoms with Crippen molar-refractivity contribution in [2.45, 2.75) is 32.2 Å². The molecule has 19 heavy (non-hydrogen) atoms. The zero-order valence-electron chi connectivity index (χ0n) is 11.3. The molecule has 0 aromatic heterocycles. The van der Waals surface area contributed by atoms with Crippen molar-refractivity contribution in [3.63, 3.8) is 0 Å². The maximum absolute atomic E-state index is 8.70. The molecule has 1 aromatic rings. The fourth-order valence-electron chi connectivity index (χ4n) is 2.13. The molecule has 1 aliphatic rings. The Bertz CT molecular complexity index is 454. The Morgan fingerprint density at radius 2 is 2.11 bits per heavy atom. The second-order valence-corrected chi connectivity index (χ2v) is 4.65. The highest BCUT2D eigenvalue weighted by Crippen LogP contribution is 2.30. The first-order valence-electron chi connectivity index (χ1n) is 6.82. The molecule has 0 saturated heterocycles. The maximum atomic E-state index is 8.70. The smallest absolute Gasteiger partial charge is 0.161 e. The van der Waals surface area contributed by atoms with E-state index in [1.807, 2.05) is 12.1 Å². The number of benzene rings is 1. The Morgan fingerprint density at radius 1 is 1.32 bits per heavy atom. The molecular weight excluding hydrogens is 240 g/mol. The largest absolute Gasteiger partial charge is 0.486 e. The summed E-state index contributed by atoms with van der Waals surface area (Å²) in [6, 6.07) is 8.58. The Morgan fingerprint density at radius 3 is 2.84 bits per heavy atom. The van der Waals surface area contributed by atoms with Crippen LogP contribution in [0.3, 0.4) is 0 Å². The number of nitrogens with zero attached hydrogens (tertiary/aromatic N) is 1. The van der Waals surface area contributed by atoms with Crippen molar-refractivity contribution < 1.29 is 9.47 Å². The van der Waals surface area contributed by atoms with Crippen LogP contribution in [0.1, 0.15) is 25.3 Å². The van der Waals surface area contributed by atoms with Crippen molar-refractivity contribution in [2.75, 3.05) is 19.8 Å². The zero-order valence-corrected chi connectivity index (χ0v) is 11.3. The summed E-state index contributed by atoms with van der Waals surface area (Å²) in [6.07, 6.45) is 2.48. The van der Waals surface area contributed by atoms with Crippen LogP contribution in [-0.4, -0.2) is 25.8 Å². The summed E-state index contributed by atoms with van der Waals surface area (Å²) < 4.78 is 11.1. The van der Waals surface area contributed by atoms with Gasteiger partial charge in [-0.3, -0.25) is 0 Å². The van der Waals surface area contributed by atoms with Crippen LogP contribution < -0.4 is 14.8 Å². The van der Waals surface area contributed by atoms with E-state index in [4.69, 9.17) is 14.7 Å². The third kappa shape index (κ3) is 3.87. The molecule has 0 saturated carbocycles. The molecule has 102 valence electrons. The van der Waals surface area contributed by atoms with Gasteiger partial charge < -0.3 is 14.8 Å². The number of nitrogens with one attached hydrogen (secondary N) is 1. The van der Waals surface area contributed by atoms with Gasteiger partial charge in [-0.2, -0.15) is 5.26 Å². The molecule has 1 atom stereocenters. The van der Waals surface area contributed by atoms with Gasteiger partial charge in [0.05, 0.1) is 12.5 Å². The molecule has 1 heterocycles. The SMILES string of the molecule is CCC(CC#N)NCCc1ccc2c(c1)OCCO2. The number of ether oxygens (including phenoxy) is 2. The molecule has 0 fully saturated rings. The molecule has 0 aliphatic carbocycles. The van der Waals surface area contributed by atoms with Crippen LogP contribution in [0.15, 0.2) is 18.2 Å². The zero-order chi connectivity index (χ0) is 13.5. The van der Waals surface area contributed by atoms with E-state index in [0.717, 1.165) is 30.9 Å². The van der Waals surface area contributed by atoms with Crippen molar-refractivity contribution in [2.24, 2.45) is 0 Å². The van der Waals surface area contributed by atoms with E-state index in [0.29, 0.717) is 25.7 Å². The van der Waals surface area contributed by atoms with Gasteiger partial charge >= 0.3 is 0 Å². The standard InChI is InChI=1S/C15H20N2O2/c1-2-13(5-7-16)17-8-6-12-3-4-14-15(11-12)19-10-9-18-14/h3-4,11,13,17H,2,5-6,8-10H2,1H3. The highest BCUT2D eigenvalue weighted by atomic mass is 16.6. The van der Waals surface area contributed by atoms with Gasteiger partial charge in [0.2, 0.25) is 0 Å². The second kappa shape index (κ2) is 7.01. The minimum atomic E-state index is 0.294. The quantitative estimate of drug-likeness (QED) is 0.852. The van der Waals surface area contributed by atoms with Crippen LogP contribution in [0, 0.1) is 11.3 Å². The van der Waals surface area contributed by atoms with E-state index in [1.54, 1.807) is 0 Å². The van der Waals surface area contributed by atoms with Gasteiger partial charge in [-0.25, -0.2) is 0 Å². The summed E-state index contributed by atoms with van der Waals surface area (Å²) in [5.74, 6) is 1.67. The lowest BCUT2D eigenvalue weighted by atomic mass is 10.1. The Kier molecular flexibility index (Phi) is 5.05. The second-order valence-electron chi connectivity index (χ2n) is 4.65. The van der Waals surface area contributed by atoms with Crippen molar-refractivity contribution in [1.82, 2.24) is 5.32 Å². The molecule has 0 amide bonds.